The summed E-state index contributed by atoms with van der Waals surface area (Å²) in [6, 6.07) is 7.97. The minimum Gasteiger partial charge on any atom is -0.477 e. The van der Waals surface area contributed by atoms with Gasteiger partial charge in [0.15, 0.2) is 11.4 Å². The van der Waals surface area contributed by atoms with Crippen LogP contribution in [0.25, 0.3) is 0 Å². The number of hydrogen-bond acceptors (Lipinski definition) is 5. The Labute approximate surface area is 129 Å². The lowest BCUT2D eigenvalue weighted by atomic mass is 10.2. The molecule has 1 aromatic heterocycles. The summed E-state index contributed by atoms with van der Waals surface area (Å²) < 4.78 is 45.9. The molecule has 6 nitrogen and oxygen atoms in total. The molecule has 0 fully saturated rings. The number of benzene rings is 1. The number of ether oxygens (including phenoxy) is 2. The second kappa shape index (κ2) is 6.95. The summed E-state index contributed by atoms with van der Waals surface area (Å²) in [4.78, 5) is 12.0. The maximum atomic E-state index is 12.3. The molecule has 0 atom stereocenters. The van der Waals surface area contributed by atoms with Crippen molar-refractivity contribution in [1.82, 2.24) is 10.2 Å². The number of alkyl halides is 3. The molecule has 9 heteroatoms. The number of nitrogens with zero attached hydrogens (tertiary/aromatic N) is 2. The first-order valence-electron chi connectivity index (χ1n) is 6.51. The fraction of sp³-hybridized carbons (Fsp3) is 0.214. The van der Waals surface area contributed by atoms with Crippen LogP contribution in [0.4, 0.5) is 18.9 Å². The van der Waals surface area contributed by atoms with E-state index in [1.165, 1.54) is 30.3 Å². The zero-order chi connectivity index (χ0) is 16.9. The largest absolute Gasteiger partial charge is 0.573 e. The van der Waals surface area contributed by atoms with Gasteiger partial charge in [0.1, 0.15) is 0 Å². The highest BCUT2D eigenvalue weighted by Gasteiger charge is 2.32. The van der Waals surface area contributed by atoms with E-state index in [0.717, 1.165) is 6.07 Å². The van der Waals surface area contributed by atoms with Gasteiger partial charge in [-0.05, 0) is 25.1 Å². The van der Waals surface area contributed by atoms with Crippen LogP contribution in [-0.2, 0) is 0 Å². The van der Waals surface area contributed by atoms with Gasteiger partial charge < -0.3 is 14.8 Å². The smallest absolute Gasteiger partial charge is 0.477 e. The first-order chi connectivity index (χ1) is 10.9. The van der Waals surface area contributed by atoms with Crippen LogP contribution in [-0.4, -0.2) is 29.1 Å². The zero-order valence-corrected chi connectivity index (χ0v) is 11.9. The molecule has 1 aromatic carbocycles. The van der Waals surface area contributed by atoms with Crippen LogP contribution in [0.3, 0.4) is 0 Å². The molecule has 0 aliphatic heterocycles. The van der Waals surface area contributed by atoms with Crippen molar-refractivity contribution in [1.29, 1.82) is 0 Å². The molecule has 1 N–H and O–H groups in total. The highest BCUT2D eigenvalue weighted by atomic mass is 19.4. The molecule has 1 heterocycles. The van der Waals surface area contributed by atoms with Crippen molar-refractivity contribution in [3.05, 3.63) is 42.1 Å². The normalized spacial score (nSPS) is 11.0. The second-order valence-corrected chi connectivity index (χ2v) is 4.19. The summed E-state index contributed by atoms with van der Waals surface area (Å²) in [6.45, 7) is 2.16. The Morgan fingerprint density at radius 3 is 2.52 bits per heavy atom. The Bertz CT molecular complexity index is 675. The number of aromatic nitrogens is 2. The number of carbonyl (C=O) groups excluding carboxylic acids is 1. The van der Waals surface area contributed by atoms with Crippen molar-refractivity contribution in [2.24, 2.45) is 0 Å². The van der Waals surface area contributed by atoms with Gasteiger partial charge in [0.25, 0.3) is 5.91 Å². The van der Waals surface area contributed by atoms with E-state index in [-0.39, 0.29) is 17.3 Å². The molecule has 2 aromatic rings. The van der Waals surface area contributed by atoms with Crippen molar-refractivity contribution in [2.75, 3.05) is 11.9 Å². The number of para-hydroxylation sites is 2. The van der Waals surface area contributed by atoms with Gasteiger partial charge in [-0.15, -0.1) is 23.4 Å². The van der Waals surface area contributed by atoms with Gasteiger partial charge in [0, 0.05) is 6.07 Å². The van der Waals surface area contributed by atoms with Crippen molar-refractivity contribution >= 4 is 11.6 Å². The lowest BCUT2D eigenvalue weighted by Gasteiger charge is -2.13. The fourth-order valence-electron chi connectivity index (χ4n) is 1.64. The van der Waals surface area contributed by atoms with E-state index in [1.807, 2.05) is 0 Å². The van der Waals surface area contributed by atoms with Crippen molar-refractivity contribution < 1.29 is 27.4 Å². The lowest BCUT2D eigenvalue weighted by Crippen LogP contribution is -2.20. The van der Waals surface area contributed by atoms with Gasteiger partial charge in [-0.3, -0.25) is 4.79 Å². The van der Waals surface area contributed by atoms with Crippen LogP contribution in [0.5, 0.6) is 11.6 Å². The Morgan fingerprint density at radius 2 is 1.91 bits per heavy atom. The van der Waals surface area contributed by atoms with Gasteiger partial charge in [-0.1, -0.05) is 12.1 Å². The average Bonchev–Trinajstić information content (AvgIpc) is 2.49. The average molecular weight is 327 g/mol. The predicted octanol–water partition coefficient (Wildman–Crippen LogP) is 3.03. The van der Waals surface area contributed by atoms with Gasteiger partial charge in [-0.25, -0.2) is 0 Å². The van der Waals surface area contributed by atoms with E-state index in [1.54, 1.807) is 6.92 Å². The van der Waals surface area contributed by atoms with Crippen molar-refractivity contribution in [2.45, 2.75) is 13.3 Å². The number of carbonyl (C=O) groups is 1. The van der Waals surface area contributed by atoms with Crippen molar-refractivity contribution in [3.8, 4) is 11.6 Å². The summed E-state index contributed by atoms with van der Waals surface area (Å²) in [5, 5.41) is 9.61. The Morgan fingerprint density at radius 1 is 1.17 bits per heavy atom. The Hall–Kier alpha value is -2.84. The molecule has 2 rings (SSSR count). The zero-order valence-electron chi connectivity index (χ0n) is 11.9. The van der Waals surface area contributed by atoms with Crippen LogP contribution >= 0.6 is 0 Å². The number of amides is 1. The molecule has 0 aliphatic rings. The predicted molar refractivity (Wildman–Crippen MR) is 74.3 cm³/mol. The van der Waals surface area contributed by atoms with Crippen LogP contribution in [0.1, 0.15) is 17.4 Å². The summed E-state index contributed by atoms with van der Waals surface area (Å²) in [6.07, 6.45) is -4.86. The van der Waals surface area contributed by atoms with E-state index in [9.17, 15) is 18.0 Å². The van der Waals surface area contributed by atoms with Gasteiger partial charge in [-0.2, -0.15) is 0 Å². The first kappa shape index (κ1) is 16.5. The van der Waals surface area contributed by atoms with Crippen LogP contribution in [0.2, 0.25) is 0 Å². The van der Waals surface area contributed by atoms with Crippen molar-refractivity contribution in [3.63, 3.8) is 0 Å². The van der Waals surface area contributed by atoms with Crippen LogP contribution in [0.15, 0.2) is 36.4 Å². The third-order valence-corrected chi connectivity index (χ3v) is 2.53. The third-order valence-electron chi connectivity index (χ3n) is 2.53. The lowest BCUT2D eigenvalue weighted by molar-refractivity contribution is -0.274. The third kappa shape index (κ3) is 4.83. The highest BCUT2D eigenvalue weighted by Crippen LogP contribution is 2.30. The number of rotatable bonds is 5. The minimum absolute atomic E-state index is 0.0738. The maximum absolute atomic E-state index is 12.3. The van der Waals surface area contributed by atoms with Gasteiger partial charge >= 0.3 is 6.36 Å². The first-order valence-corrected chi connectivity index (χ1v) is 6.51. The summed E-state index contributed by atoms with van der Waals surface area (Å²) >= 11 is 0. The highest BCUT2D eigenvalue weighted by molar-refractivity contribution is 6.03. The Kier molecular flexibility index (Phi) is 4.99. The summed E-state index contributed by atoms with van der Waals surface area (Å²) in [5.41, 5.74) is -0.208. The molecule has 0 bridgehead atoms. The minimum atomic E-state index is -4.86. The maximum Gasteiger partial charge on any atom is 0.573 e. The number of anilines is 1. The molecule has 0 aliphatic carbocycles. The molecule has 0 saturated heterocycles. The molecule has 1 amide bonds. The molecule has 0 unspecified atom stereocenters. The summed E-state index contributed by atoms with van der Waals surface area (Å²) in [5.74, 6) is -1.00. The van der Waals surface area contributed by atoms with E-state index in [0.29, 0.717) is 6.61 Å². The molecule has 0 spiro atoms. The van der Waals surface area contributed by atoms with Crippen LogP contribution < -0.4 is 14.8 Å². The van der Waals surface area contributed by atoms with Gasteiger partial charge in [0.2, 0.25) is 5.88 Å². The molecule has 0 saturated carbocycles. The Balaban J connectivity index is 2.14. The van der Waals surface area contributed by atoms with Gasteiger partial charge in [0.05, 0.1) is 12.3 Å². The second-order valence-electron chi connectivity index (χ2n) is 4.19. The topological polar surface area (TPSA) is 73.3 Å². The van der Waals surface area contributed by atoms with E-state index in [2.05, 4.69) is 20.3 Å². The number of nitrogens with one attached hydrogen (secondary N) is 1. The quantitative estimate of drug-likeness (QED) is 0.914. The van der Waals surface area contributed by atoms with E-state index in [4.69, 9.17) is 4.74 Å². The van der Waals surface area contributed by atoms with E-state index >= 15 is 0 Å². The fourth-order valence-corrected chi connectivity index (χ4v) is 1.64. The summed E-state index contributed by atoms with van der Waals surface area (Å²) in [7, 11) is 0. The SMILES string of the molecule is CCOc1ccc(C(=O)Nc2ccccc2OC(F)(F)F)nn1. The standard InChI is InChI=1S/C14H12F3N3O3/c1-2-22-12-8-7-10(19-20-12)13(21)18-9-5-3-4-6-11(9)23-14(15,16)17/h3-8H,2H2,1H3,(H,18,21). The number of halogens is 3. The molecule has 0 radical (unpaired) electrons. The molecule has 23 heavy (non-hydrogen) atoms. The molecular formula is C14H12F3N3O3. The van der Waals surface area contributed by atoms with Crippen LogP contribution in [0, 0.1) is 0 Å². The molecular weight excluding hydrogens is 315 g/mol. The molecule has 122 valence electrons. The monoisotopic (exact) mass is 327 g/mol. The van der Waals surface area contributed by atoms with E-state index < -0.39 is 18.0 Å². The number of hydrogen-bond donors (Lipinski definition) is 1.